The van der Waals surface area contributed by atoms with Gasteiger partial charge < -0.3 is 0 Å². The summed E-state index contributed by atoms with van der Waals surface area (Å²) in [5.41, 5.74) is 0. The molecule has 1 atom stereocenters. The van der Waals surface area contributed by atoms with Gasteiger partial charge in [0.15, 0.2) is 0 Å². The molecule has 1 heterocycles. The first kappa shape index (κ1) is 14.1. The number of aliphatic imine (C=N–C) groups is 1. The SMILES string of the molecule is C=C/C=C\C=N/CN1CCN(C(C)C)C(C)C1. The van der Waals surface area contributed by atoms with Gasteiger partial charge in [0.2, 0.25) is 0 Å². The van der Waals surface area contributed by atoms with Gasteiger partial charge in [-0.3, -0.25) is 14.8 Å². The molecule has 0 saturated carbocycles. The maximum atomic E-state index is 4.38. The van der Waals surface area contributed by atoms with Crippen LogP contribution in [0.1, 0.15) is 20.8 Å². The topological polar surface area (TPSA) is 18.8 Å². The van der Waals surface area contributed by atoms with E-state index in [0.29, 0.717) is 12.1 Å². The summed E-state index contributed by atoms with van der Waals surface area (Å²) in [7, 11) is 0. The molecule has 1 unspecified atom stereocenters. The Hall–Kier alpha value is -0.930. The molecule has 0 aliphatic carbocycles. The molecule has 1 aliphatic heterocycles. The molecule has 0 bridgehead atoms. The van der Waals surface area contributed by atoms with Crippen LogP contribution in [0.5, 0.6) is 0 Å². The summed E-state index contributed by atoms with van der Waals surface area (Å²) in [6, 6.07) is 1.27. The summed E-state index contributed by atoms with van der Waals surface area (Å²) in [6.07, 6.45) is 7.42. The molecule has 1 aliphatic rings. The Bertz CT molecular complexity index is 281. The molecule has 0 radical (unpaired) electrons. The number of piperazine rings is 1. The molecule has 0 aromatic carbocycles. The average Bonchev–Trinajstić information content (AvgIpc) is 2.28. The van der Waals surface area contributed by atoms with Crippen molar-refractivity contribution >= 4 is 6.21 Å². The zero-order valence-corrected chi connectivity index (χ0v) is 11.3. The summed E-state index contributed by atoms with van der Waals surface area (Å²) in [5, 5.41) is 0. The number of rotatable bonds is 5. The summed E-state index contributed by atoms with van der Waals surface area (Å²) >= 11 is 0. The van der Waals surface area contributed by atoms with E-state index in [9.17, 15) is 0 Å². The van der Waals surface area contributed by atoms with Crippen molar-refractivity contribution in [2.24, 2.45) is 4.99 Å². The zero-order valence-electron chi connectivity index (χ0n) is 11.3. The molecular formula is C14H25N3. The third-order valence-corrected chi connectivity index (χ3v) is 3.15. The van der Waals surface area contributed by atoms with Gasteiger partial charge in [0.05, 0.1) is 6.67 Å². The van der Waals surface area contributed by atoms with Gasteiger partial charge in [0, 0.05) is 37.9 Å². The fourth-order valence-corrected chi connectivity index (χ4v) is 2.29. The van der Waals surface area contributed by atoms with Crippen molar-refractivity contribution < 1.29 is 0 Å². The van der Waals surface area contributed by atoms with Crippen molar-refractivity contribution in [2.75, 3.05) is 26.3 Å². The predicted molar refractivity (Wildman–Crippen MR) is 75.6 cm³/mol. The van der Waals surface area contributed by atoms with Crippen LogP contribution in [0, 0.1) is 0 Å². The van der Waals surface area contributed by atoms with Gasteiger partial charge in [-0.05, 0) is 26.8 Å². The van der Waals surface area contributed by atoms with Gasteiger partial charge in [0.25, 0.3) is 0 Å². The molecule has 1 saturated heterocycles. The lowest BCUT2D eigenvalue weighted by atomic mass is 10.1. The summed E-state index contributed by atoms with van der Waals surface area (Å²) in [5.74, 6) is 0. The van der Waals surface area contributed by atoms with Gasteiger partial charge in [-0.15, -0.1) is 0 Å². The van der Waals surface area contributed by atoms with E-state index >= 15 is 0 Å². The lowest BCUT2D eigenvalue weighted by Crippen LogP contribution is -2.54. The molecule has 1 rings (SSSR count). The van der Waals surface area contributed by atoms with Crippen molar-refractivity contribution in [3.8, 4) is 0 Å². The highest BCUT2D eigenvalue weighted by Crippen LogP contribution is 2.12. The van der Waals surface area contributed by atoms with Gasteiger partial charge in [-0.25, -0.2) is 0 Å². The Morgan fingerprint density at radius 1 is 1.35 bits per heavy atom. The number of hydrogen-bond acceptors (Lipinski definition) is 3. The smallest absolute Gasteiger partial charge is 0.0910 e. The number of nitrogens with zero attached hydrogens (tertiary/aromatic N) is 3. The summed E-state index contributed by atoms with van der Waals surface area (Å²) in [6.45, 7) is 14.6. The van der Waals surface area contributed by atoms with Gasteiger partial charge >= 0.3 is 0 Å². The second-order valence-electron chi connectivity index (χ2n) is 4.85. The van der Waals surface area contributed by atoms with E-state index in [-0.39, 0.29) is 0 Å². The van der Waals surface area contributed by atoms with E-state index in [4.69, 9.17) is 0 Å². The zero-order chi connectivity index (χ0) is 12.7. The minimum atomic E-state index is 0.627. The third-order valence-electron chi connectivity index (χ3n) is 3.15. The van der Waals surface area contributed by atoms with Crippen molar-refractivity contribution in [1.82, 2.24) is 9.80 Å². The lowest BCUT2D eigenvalue weighted by molar-refractivity contribution is 0.0622. The Kier molecular flexibility index (Phi) is 6.16. The first-order valence-corrected chi connectivity index (χ1v) is 6.40. The molecule has 0 N–H and O–H groups in total. The first-order valence-electron chi connectivity index (χ1n) is 6.40. The highest BCUT2D eigenvalue weighted by molar-refractivity contribution is 5.71. The molecule has 3 nitrogen and oxygen atoms in total. The standard InChI is InChI=1S/C14H25N3/c1-5-6-7-8-15-12-16-9-10-17(13(2)3)14(4)11-16/h5-8,13-14H,1,9-12H2,2-4H3/b7-6-,15-8-. The third kappa shape index (κ3) is 4.84. The van der Waals surface area contributed by atoms with Crippen molar-refractivity contribution in [2.45, 2.75) is 32.9 Å². The fraction of sp³-hybridized carbons (Fsp3) is 0.643. The van der Waals surface area contributed by atoms with E-state index < -0.39 is 0 Å². The minimum absolute atomic E-state index is 0.627. The van der Waals surface area contributed by atoms with Crippen LogP contribution >= 0.6 is 0 Å². The lowest BCUT2D eigenvalue weighted by Gasteiger charge is -2.41. The normalized spacial score (nSPS) is 24.1. The van der Waals surface area contributed by atoms with E-state index in [1.807, 2.05) is 18.4 Å². The van der Waals surface area contributed by atoms with E-state index in [2.05, 4.69) is 42.1 Å². The molecule has 17 heavy (non-hydrogen) atoms. The van der Waals surface area contributed by atoms with Gasteiger partial charge in [-0.2, -0.15) is 0 Å². The van der Waals surface area contributed by atoms with E-state index in [1.165, 1.54) is 0 Å². The van der Waals surface area contributed by atoms with Crippen molar-refractivity contribution in [1.29, 1.82) is 0 Å². The first-order chi connectivity index (χ1) is 8.15. The largest absolute Gasteiger partial charge is 0.296 e. The molecule has 3 heteroatoms. The molecule has 96 valence electrons. The maximum Gasteiger partial charge on any atom is 0.0910 e. The van der Waals surface area contributed by atoms with Gasteiger partial charge in [0.1, 0.15) is 0 Å². The highest BCUT2D eigenvalue weighted by Gasteiger charge is 2.24. The van der Waals surface area contributed by atoms with Crippen LogP contribution in [0.2, 0.25) is 0 Å². The second-order valence-corrected chi connectivity index (χ2v) is 4.85. The maximum absolute atomic E-state index is 4.38. The van der Waals surface area contributed by atoms with Crippen LogP contribution in [-0.4, -0.2) is 54.4 Å². The van der Waals surface area contributed by atoms with Gasteiger partial charge in [-0.1, -0.05) is 18.7 Å². The monoisotopic (exact) mass is 235 g/mol. The molecule has 0 amide bonds. The fourth-order valence-electron chi connectivity index (χ4n) is 2.29. The van der Waals surface area contributed by atoms with E-state index in [0.717, 1.165) is 26.3 Å². The molecular weight excluding hydrogens is 210 g/mol. The Balaban J connectivity index is 2.32. The van der Waals surface area contributed by atoms with Crippen LogP contribution in [-0.2, 0) is 0 Å². The van der Waals surface area contributed by atoms with Crippen LogP contribution in [0.15, 0.2) is 29.8 Å². The molecule has 0 spiro atoms. The van der Waals surface area contributed by atoms with Crippen LogP contribution < -0.4 is 0 Å². The minimum Gasteiger partial charge on any atom is -0.296 e. The van der Waals surface area contributed by atoms with Crippen LogP contribution in [0.4, 0.5) is 0 Å². The van der Waals surface area contributed by atoms with Crippen LogP contribution in [0.3, 0.4) is 0 Å². The molecule has 0 aromatic rings. The average molecular weight is 235 g/mol. The number of hydrogen-bond donors (Lipinski definition) is 0. The quantitative estimate of drug-likeness (QED) is 0.537. The summed E-state index contributed by atoms with van der Waals surface area (Å²) < 4.78 is 0. The van der Waals surface area contributed by atoms with E-state index in [1.54, 1.807) is 6.08 Å². The Labute approximate surface area is 106 Å². The van der Waals surface area contributed by atoms with Crippen molar-refractivity contribution in [3.05, 3.63) is 24.8 Å². The Morgan fingerprint density at radius 3 is 2.71 bits per heavy atom. The molecule has 1 fully saturated rings. The second kappa shape index (κ2) is 7.41. The number of allylic oxidation sites excluding steroid dienone is 3. The summed E-state index contributed by atoms with van der Waals surface area (Å²) in [4.78, 5) is 9.34. The highest BCUT2D eigenvalue weighted by atomic mass is 15.3. The van der Waals surface area contributed by atoms with Crippen molar-refractivity contribution in [3.63, 3.8) is 0 Å². The van der Waals surface area contributed by atoms with Crippen LogP contribution in [0.25, 0.3) is 0 Å². The molecule has 0 aromatic heterocycles. The Morgan fingerprint density at radius 2 is 2.12 bits per heavy atom. The predicted octanol–water partition coefficient (Wildman–Crippen LogP) is 2.17.